The lowest BCUT2D eigenvalue weighted by Gasteiger charge is -2.13. The molecule has 0 atom stereocenters. The van der Waals surface area contributed by atoms with E-state index < -0.39 is 11.7 Å². The van der Waals surface area contributed by atoms with Gasteiger partial charge < -0.3 is 4.74 Å². The largest absolute Gasteiger partial charge is 0.496 e. The topological polar surface area (TPSA) is 114 Å². The van der Waals surface area contributed by atoms with Crippen LogP contribution in [0, 0.1) is 17.1 Å². The van der Waals surface area contributed by atoms with Gasteiger partial charge in [-0.15, -0.1) is 0 Å². The Morgan fingerprint density at radius 3 is 2.71 bits per heavy atom. The van der Waals surface area contributed by atoms with E-state index in [1.807, 2.05) is 0 Å². The fourth-order valence-corrected chi connectivity index (χ4v) is 4.31. The van der Waals surface area contributed by atoms with Crippen LogP contribution in [0.4, 0.5) is 9.52 Å². The number of amides is 1. The van der Waals surface area contributed by atoms with Gasteiger partial charge in [0.15, 0.2) is 15.6 Å². The van der Waals surface area contributed by atoms with E-state index in [1.165, 1.54) is 49.0 Å². The summed E-state index contributed by atoms with van der Waals surface area (Å²) in [4.78, 5) is 31.0. The molecule has 35 heavy (non-hydrogen) atoms. The number of hydrogen-bond acceptors (Lipinski definition) is 8. The maximum absolute atomic E-state index is 14.7. The van der Waals surface area contributed by atoms with Gasteiger partial charge in [-0.25, -0.2) is 14.4 Å². The van der Waals surface area contributed by atoms with E-state index in [2.05, 4.69) is 31.3 Å². The quantitative estimate of drug-likeness (QED) is 0.371. The van der Waals surface area contributed by atoms with Crippen LogP contribution in [0.2, 0.25) is 0 Å². The van der Waals surface area contributed by atoms with E-state index in [-0.39, 0.29) is 16.9 Å². The Morgan fingerprint density at radius 1 is 1.11 bits per heavy atom. The number of carbonyl (C=O) groups is 1. The molecule has 8 nitrogen and oxygen atoms in total. The van der Waals surface area contributed by atoms with Crippen LogP contribution in [0.3, 0.4) is 0 Å². The lowest BCUT2D eigenvalue weighted by molar-refractivity contribution is 0.102. The van der Waals surface area contributed by atoms with Crippen LogP contribution in [0.25, 0.3) is 32.9 Å². The highest BCUT2D eigenvalue weighted by molar-refractivity contribution is 7.21. The van der Waals surface area contributed by atoms with Gasteiger partial charge in [-0.05, 0) is 30.3 Å². The third kappa shape index (κ3) is 4.28. The van der Waals surface area contributed by atoms with Crippen molar-refractivity contribution in [1.29, 1.82) is 5.26 Å². The highest BCUT2D eigenvalue weighted by Crippen LogP contribution is 2.35. The number of ether oxygens (including phenoxy) is 1. The van der Waals surface area contributed by atoms with Gasteiger partial charge in [-0.2, -0.15) is 10.2 Å². The molecule has 0 radical (unpaired) electrons. The molecule has 0 saturated heterocycles. The summed E-state index contributed by atoms with van der Waals surface area (Å²) in [6.45, 7) is 0. The number of halogens is 1. The van der Waals surface area contributed by atoms with Gasteiger partial charge in [0.2, 0.25) is 0 Å². The Bertz CT molecular complexity index is 1610. The number of anilines is 1. The minimum atomic E-state index is -0.532. The molecule has 0 saturated carbocycles. The van der Waals surface area contributed by atoms with Crippen molar-refractivity contribution < 1.29 is 13.9 Å². The number of fused-ring (bicyclic) bond motifs is 1. The lowest BCUT2D eigenvalue weighted by Crippen LogP contribution is -2.13. The molecule has 170 valence electrons. The molecule has 0 aliphatic rings. The molecule has 0 bridgehead atoms. The SMILES string of the molecule is COc1cccc(F)c1-c1cnccc1C(=O)Nc1nc2ncc(-c3ccc(C#N)cc3)nc2s1. The number of benzene rings is 2. The molecule has 0 spiro atoms. The van der Waals surface area contributed by atoms with Crippen LogP contribution in [-0.2, 0) is 0 Å². The van der Waals surface area contributed by atoms with Crippen LogP contribution >= 0.6 is 11.3 Å². The fourth-order valence-electron chi connectivity index (χ4n) is 3.52. The number of hydrogen-bond donors (Lipinski definition) is 1. The summed E-state index contributed by atoms with van der Waals surface area (Å²) in [7, 11) is 1.43. The van der Waals surface area contributed by atoms with Crippen molar-refractivity contribution in [3.8, 4) is 34.2 Å². The number of aromatic nitrogens is 4. The second kappa shape index (κ2) is 9.24. The number of methoxy groups -OCH3 is 1. The Labute approximate surface area is 202 Å². The molecule has 0 unspecified atom stereocenters. The van der Waals surface area contributed by atoms with Crippen molar-refractivity contribution in [3.05, 3.63) is 84.1 Å². The van der Waals surface area contributed by atoms with Crippen molar-refractivity contribution in [2.75, 3.05) is 12.4 Å². The van der Waals surface area contributed by atoms with Crippen molar-refractivity contribution in [2.24, 2.45) is 0 Å². The van der Waals surface area contributed by atoms with Gasteiger partial charge in [-0.3, -0.25) is 15.1 Å². The predicted octanol–water partition coefficient (Wildman–Crippen LogP) is 5.09. The second-order valence-corrected chi connectivity index (χ2v) is 8.26. The minimum absolute atomic E-state index is 0.146. The Kier molecular flexibility index (Phi) is 5.83. The van der Waals surface area contributed by atoms with E-state index in [1.54, 1.807) is 36.5 Å². The van der Waals surface area contributed by atoms with Gasteiger partial charge in [0.25, 0.3) is 5.91 Å². The first kappa shape index (κ1) is 22.1. The zero-order valence-electron chi connectivity index (χ0n) is 18.2. The van der Waals surface area contributed by atoms with Gasteiger partial charge in [0, 0.05) is 23.5 Å². The average Bonchev–Trinajstić information content (AvgIpc) is 3.30. The molecule has 0 aliphatic heterocycles. The zero-order chi connectivity index (χ0) is 24.4. The van der Waals surface area contributed by atoms with Crippen LogP contribution in [0.15, 0.2) is 67.1 Å². The molecular formula is C25H15FN6O2S. The highest BCUT2D eigenvalue weighted by atomic mass is 32.1. The van der Waals surface area contributed by atoms with Crippen LogP contribution < -0.4 is 10.1 Å². The third-order valence-corrected chi connectivity index (χ3v) is 6.04. The molecule has 1 N–H and O–H groups in total. The van der Waals surface area contributed by atoms with Crippen molar-refractivity contribution in [3.63, 3.8) is 0 Å². The summed E-state index contributed by atoms with van der Waals surface area (Å²) >= 11 is 1.17. The Hall–Kier alpha value is -4.75. The third-order valence-electron chi connectivity index (χ3n) is 5.18. The first-order chi connectivity index (χ1) is 17.1. The molecular weight excluding hydrogens is 467 g/mol. The fraction of sp³-hybridized carbons (Fsp3) is 0.0400. The van der Waals surface area contributed by atoms with Crippen LogP contribution in [0.1, 0.15) is 15.9 Å². The maximum atomic E-state index is 14.7. The predicted molar refractivity (Wildman–Crippen MR) is 129 cm³/mol. The minimum Gasteiger partial charge on any atom is -0.496 e. The summed E-state index contributed by atoms with van der Waals surface area (Å²) in [5.74, 6) is -0.732. The van der Waals surface area contributed by atoms with E-state index in [9.17, 15) is 9.18 Å². The first-order valence-electron chi connectivity index (χ1n) is 10.3. The van der Waals surface area contributed by atoms with Gasteiger partial charge in [0.1, 0.15) is 11.6 Å². The molecule has 3 aromatic heterocycles. The first-order valence-corrected chi connectivity index (χ1v) is 11.1. The molecule has 2 aromatic carbocycles. The summed E-state index contributed by atoms with van der Waals surface area (Å²) < 4.78 is 20.0. The van der Waals surface area contributed by atoms with E-state index in [4.69, 9.17) is 10.00 Å². The smallest absolute Gasteiger partial charge is 0.258 e. The maximum Gasteiger partial charge on any atom is 0.258 e. The number of nitrogens with zero attached hydrogens (tertiary/aromatic N) is 5. The van der Waals surface area contributed by atoms with Gasteiger partial charge in [0.05, 0.1) is 41.8 Å². The zero-order valence-corrected chi connectivity index (χ0v) is 19.0. The highest BCUT2D eigenvalue weighted by Gasteiger charge is 2.20. The van der Waals surface area contributed by atoms with Crippen LogP contribution in [-0.4, -0.2) is 33.0 Å². The number of nitriles is 1. The van der Waals surface area contributed by atoms with Crippen molar-refractivity contribution in [1.82, 2.24) is 19.9 Å². The molecule has 1 amide bonds. The monoisotopic (exact) mass is 482 g/mol. The summed E-state index contributed by atoms with van der Waals surface area (Å²) in [6, 6.07) is 15.0. The molecule has 5 aromatic rings. The van der Waals surface area contributed by atoms with Gasteiger partial charge in [-0.1, -0.05) is 29.5 Å². The summed E-state index contributed by atoms with van der Waals surface area (Å²) in [5, 5.41) is 12.0. The standard InChI is InChI=1S/C25H15FN6O2S/c1-34-20-4-2-3-18(26)21(20)17-12-28-10-9-16(17)23(33)32-25-31-22-24(35-25)30-19(13-29-22)15-7-5-14(11-27)6-8-15/h2-10,12-13H,1H3,(H,29,31,32,33). The van der Waals surface area contributed by atoms with Gasteiger partial charge >= 0.3 is 0 Å². The number of rotatable bonds is 5. The average molecular weight is 483 g/mol. The molecule has 0 fully saturated rings. The normalized spacial score (nSPS) is 10.7. The summed E-state index contributed by atoms with van der Waals surface area (Å²) in [5.41, 5.74) is 3.00. The Morgan fingerprint density at radius 2 is 1.94 bits per heavy atom. The Balaban J connectivity index is 1.46. The number of nitrogens with one attached hydrogen (secondary N) is 1. The molecule has 3 heterocycles. The van der Waals surface area contributed by atoms with Crippen molar-refractivity contribution >= 4 is 32.9 Å². The number of pyridine rings is 1. The summed E-state index contributed by atoms with van der Waals surface area (Å²) in [6.07, 6.45) is 4.46. The van der Waals surface area contributed by atoms with E-state index in [0.29, 0.717) is 32.4 Å². The number of thiazole rings is 1. The van der Waals surface area contributed by atoms with E-state index in [0.717, 1.165) is 5.56 Å². The molecule has 0 aliphatic carbocycles. The molecule has 10 heteroatoms. The lowest BCUT2D eigenvalue weighted by atomic mass is 10.00. The molecule has 5 rings (SSSR count). The number of carbonyl (C=O) groups excluding carboxylic acids is 1. The van der Waals surface area contributed by atoms with Crippen LogP contribution in [0.5, 0.6) is 5.75 Å². The van der Waals surface area contributed by atoms with Crippen molar-refractivity contribution in [2.45, 2.75) is 0 Å². The van der Waals surface area contributed by atoms with E-state index >= 15 is 0 Å². The second-order valence-electron chi connectivity index (χ2n) is 7.28.